The Kier molecular flexibility index (Phi) is 3.08. The van der Waals surface area contributed by atoms with Crippen molar-refractivity contribution in [2.75, 3.05) is 17.7 Å². The van der Waals surface area contributed by atoms with E-state index >= 15 is 0 Å². The largest absolute Gasteiger partial charge is 0.397 e. The van der Waals surface area contributed by atoms with Crippen molar-refractivity contribution in [3.63, 3.8) is 0 Å². The van der Waals surface area contributed by atoms with Gasteiger partial charge in [0.1, 0.15) is 5.82 Å². The summed E-state index contributed by atoms with van der Waals surface area (Å²) in [6.07, 6.45) is 1.60. The summed E-state index contributed by atoms with van der Waals surface area (Å²) < 4.78 is 0. The number of rotatable bonds is 3. The van der Waals surface area contributed by atoms with Crippen LogP contribution in [0.5, 0.6) is 0 Å². The second kappa shape index (κ2) is 4.09. The molecule has 0 aliphatic heterocycles. The van der Waals surface area contributed by atoms with Crippen molar-refractivity contribution in [1.82, 2.24) is 4.98 Å². The summed E-state index contributed by atoms with van der Waals surface area (Å²) in [6.45, 7) is 3.90. The Morgan fingerprint density at radius 3 is 2.92 bits per heavy atom. The normalized spacial score (nSPS) is 12.5. The van der Waals surface area contributed by atoms with Crippen LogP contribution < -0.4 is 11.1 Å². The van der Waals surface area contributed by atoms with Crippen molar-refractivity contribution in [1.29, 1.82) is 0 Å². The maximum atomic E-state index is 8.83. The molecule has 13 heavy (non-hydrogen) atoms. The van der Waals surface area contributed by atoms with Gasteiger partial charge in [-0.1, -0.05) is 0 Å². The predicted octanol–water partition coefficient (Wildman–Crippen LogP) is 0.765. The van der Waals surface area contributed by atoms with E-state index in [1.807, 2.05) is 19.9 Å². The van der Waals surface area contributed by atoms with Crippen molar-refractivity contribution in [3.05, 3.63) is 17.8 Å². The molecule has 0 aliphatic rings. The van der Waals surface area contributed by atoms with Gasteiger partial charge in [-0.05, 0) is 25.5 Å². The van der Waals surface area contributed by atoms with Crippen LogP contribution in [0.1, 0.15) is 12.5 Å². The Labute approximate surface area is 77.8 Å². The van der Waals surface area contributed by atoms with Crippen LogP contribution in [-0.2, 0) is 0 Å². The topological polar surface area (TPSA) is 71.2 Å². The molecule has 0 amide bonds. The van der Waals surface area contributed by atoms with Crippen LogP contribution in [0.4, 0.5) is 11.5 Å². The van der Waals surface area contributed by atoms with Crippen molar-refractivity contribution >= 4 is 11.5 Å². The zero-order valence-electron chi connectivity index (χ0n) is 7.91. The number of nitrogens with zero attached hydrogens (tertiary/aromatic N) is 1. The molecule has 0 aromatic carbocycles. The zero-order valence-corrected chi connectivity index (χ0v) is 7.91. The van der Waals surface area contributed by atoms with Crippen molar-refractivity contribution in [2.24, 2.45) is 0 Å². The summed E-state index contributed by atoms with van der Waals surface area (Å²) in [4.78, 5) is 4.12. The van der Waals surface area contributed by atoms with E-state index in [4.69, 9.17) is 10.8 Å². The highest BCUT2D eigenvalue weighted by Gasteiger charge is 2.03. The number of pyridine rings is 1. The first kappa shape index (κ1) is 9.80. The van der Waals surface area contributed by atoms with Crippen molar-refractivity contribution in [2.45, 2.75) is 19.9 Å². The van der Waals surface area contributed by atoms with Gasteiger partial charge in [0.15, 0.2) is 0 Å². The van der Waals surface area contributed by atoms with E-state index in [1.54, 1.807) is 6.20 Å². The lowest BCUT2D eigenvalue weighted by atomic mass is 10.2. The number of nitrogens with one attached hydrogen (secondary N) is 1. The summed E-state index contributed by atoms with van der Waals surface area (Å²) in [5.41, 5.74) is 7.19. The number of hydrogen-bond acceptors (Lipinski definition) is 4. The summed E-state index contributed by atoms with van der Waals surface area (Å²) in [7, 11) is 0. The third kappa shape index (κ3) is 2.59. The molecule has 0 spiro atoms. The second-order valence-electron chi connectivity index (χ2n) is 3.16. The first-order chi connectivity index (χ1) is 6.13. The van der Waals surface area contributed by atoms with E-state index in [2.05, 4.69) is 10.3 Å². The Morgan fingerprint density at radius 1 is 1.69 bits per heavy atom. The van der Waals surface area contributed by atoms with Crippen LogP contribution in [0, 0.1) is 6.92 Å². The minimum absolute atomic E-state index is 0.00910. The van der Waals surface area contributed by atoms with E-state index in [1.165, 1.54) is 0 Å². The number of nitrogen functional groups attached to an aromatic ring is 1. The SMILES string of the molecule is Cc1cc(N)cnc1NC(C)CO. The maximum Gasteiger partial charge on any atom is 0.129 e. The molecule has 1 atom stereocenters. The molecular formula is C9H15N3O. The molecule has 0 saturated heterocycles. The number of aromatic nitrogens is 1. The molecule has 4 nitrogen and oxygen atoms in total. The zero-order chi connectivity index (χ0) is 9.84. The minimum Gasteiger partial charge on any atom is -0.397 e. The molecule has 4 heteroatoms. The van der Waals surface area contributed by atoms with E-state index in [-0.39, 0.29) is 12.6 Å². The van der Waals surface area contributed by atoms with Crippen LogP contribution >= 0.6 is 0 Å². The van der Waals surface area contributed by atoms with E-state index in [9.17, 15) is 0 Å². The lowest BCUT2D eigenvalue weighted by Crippen LogP contribution is -2.20. The molecule has 0 bridgehead atoms. The molecule has 0 aliphatic carbocycles. The second-order valence-corrected chi connectivity index (χ2v) is 3.16. The fourth-order valence-corrected chi connectivity index (χ4v) is 1.03. The van der Waals surface area contributed by atoms with Gasteiger partial charge >= 0.3 is 0 Å². The van der Waals surface area contributed by atoms with Gasteiger partial charge in [0.05, 0.1) is 18.5 Å². The predicted molar refractivity (Wildman–Crippen MR) is 53.6 cm³/mol. The van der Waals surface area contributed by atoms with Gasteiger partial charge < -0.3 is 16.2 Å². The lowest BCUT2D eigenvalue weighted by Gasteiger charge is -2.13. The first-order valence-electron chi connectivity index (χ1n) is 4.23. The van der Waals surface area contributed by atoms with E-state index in [0.717, 1.165) is 11.4 Å². The molecule has 1 unspecified atom stereocenters. The molecular weight excluding hydrogens is 166 g/mol. The summed E-state index contributed by atoms with van der Waals surface area (Å²) in [5.74, 6) is 0.774. The lowest BCUT2D eigenvalue weighted by molar-refractivity contribution is 0.281. The van der Waals surface area contributed by atoms with E-state index in [0.29, 0.717) is 5.69 Å². The smallest absolute Gasteiger partial charge is 0.129 e. The molecule has 0 saturated carbocycles. The third-order valence-corrected chi connectivity index (χ3v) is 1.76. The Balaban J connectivity index is 2.77. The Morgan fingerprint density at radius 2 is 2.38 bits per heavy atom. The highest BCUT2D eigenvalue weighted by atomic mass is 16.3. The molecule has 0 radical (unpaired) electrons. The van der Waals surface area contributed by atoms with Crippen LogP contribution in [0.3, 0.4) is 0 Å². The average molecular weight is 181 g/mol. The highest BCUT2D eigenvalue weighted by Crippen LogP contribution is 2.14. The number of aryl methyl sites for hydroxylation is 1. The van der Waals surface area contributed by atoms with Crippen molar-refractivity contribution < 1.29 is 5.11 Å². The van der Waals surface area contributed by atoms with Crippen LogP contribution in [0.25, 0.3) is 0 Å². The van der Waals surface area contributed by atoms with Gasteiger partial charge in [-0.2, -0.15) is 0 Å². The minimum atomic E-state index is 0.00910. The Bertz CT molecular complexity index is 288. The number of aliphatic hydroxyl groups excluding tert-OH is 1. The first-order valence-corrected chi connectivity index (χ1v) is 4.23. The summed E-state index contributed by atoms with van der Waals surface area (Å²) >= 11 is 0. The van der Waals surface area contributed by atoms with Gasteiger partial charge in [0.25, 0.3) is 0 Å². The molecule has 1 heterocycles. The van der Waals surface area contributed by atoms with Gasteiger partial charge in [-0.3, -0.25) is 0 Å². The standard InChI is InChI=1S/C9H15N3O/c1-6-3-8(10)4-11-9(6)12-7(2)5-13/h3-4,7,13H,5,10H2,1-2H3,(H,11,12). The Hall–Kier alpha value is -1.29. The third-order valence-electron chi connectivity index (χ3n) is 1.76. The molecule has 1 aromatic rings. The number of nitrogens with two attached hydrogens (primary N) is 1. The van der Waals surface area contributed by atoms with Crippen molar-refractivity contribution in [3.8, 4) is 0 Å². The number of hydrogen-bond donors (Lipinski definition) is 3. The number of aliphatic hydroxyl groups is 1. The highest BCUT2D eigenvalue weighted by molar-refractivity contribution is 5.51. The van der Waals surface area contributed by atoms with E-state index < -0.39 is 0 Å². The molecule has 72 valence electrons. The summed E-state index contributed by atoms with van der Waals surface area (Å²) in [6, 6.07) is 1.86. The molecule has 1 rings (SSSR count). The number of anilines is 2. The summed E-state index contributed by atoms with van der Waals surface area (Å²) in [5, 5.41) is 11.9. The van der Waals surface area contributed by atoms with Gasteiger partial charge in [-0.15, -0.1) is 0 Å². The van der Waals surface area contributed by atoms with Crippen LogP contribution in [0.15, 0.2) is 12.3 Å². The fraction of sp³-hybridized carbons (Fsp3) is 0.444. The monoisotopic (exact) mass is 181 g/mol. The van der Waals surface area contributed by atoms with Crippen LogP contribution in [0.2, 0.25) is 0 Å². The van der Waals surface area contributed by atoms with Crippen LogP contribution in [-0.4, -0.2) is 22.7 Å². The average Bonchev–Trinajstić information content (AvgIpc) is 2.09. The quantitative estimate of drug-likeness (QED) is 0.644. The van der Waals surface area contributed by atoms with Gasteiger partial charge in [0, 0.05) is 6.04 Å². The van der Waals surface area contributed by atoms with Gasteiger partial charge in [-0.25, -0.2) is 4.98 Å². The maximum absolute atomic E-state index is 8.83. The van der Waals surface area contributed by atoms with Gasteiger partial charge in [0.2, 0.25) is 0 Å². The molecule has 4 N–H and O–H groups in total. The molecule has 0 fully saturated rings. The fourth-order valence-electron chi connectivity index (χ4n) is 1.03. The molecule has 1 aromatic heterocycles.